The minimum absolute atomic E-state index is 0.635. The highest BCUT2D eigenvalue weighted by molar-refractivity contribution is 6.18. The maximum Gasteiger partial charge on any atom is 0.0379 e. The molecule has 3 heteroatoms. The summed E-state index contributed by atoms with van der Waals surface area (Å²) in [4.78, 5) is 5.06. The van der Waals surface area contributed by atoms with E-state index >= 15 is 0 Å². The van der Waals surface area contributed by atoms with Gasteiger partial charge in [0.05, 0.1) is 0 Å². The Bertz CT molecular complexity index is 160. The molecule has 1 atom stereocenters. The summed E-state index contributed by atoms with van der Waals surface area (Å²) in [6, 6.07) is 0.635. The molecule has 0 N–H and O–H groups in total. The topological polar surface area (TPSA) is 6.48 Å². The van der Waals surface area contributed by atoms with Crippen LogP contribution in [0.15, 0.2) is 0 Å². The van der Waals surface area contributed by atoms with E-state index in [1.165, 1.54) is 38.9 Å². The Morgan fingerprint density at radius 3 is 2.60 bits per heavy atom. The number of rotatable bonds is 6. The van der Waals surface area contributed by atoms with Gasteiger partial charge in [0, 0.05) is 25.0 Å². The smallest absolute Gasteiger partial charge is 0.0379 e. The molecule has 90 valence electrons. The number of nitrogens with zero attached hydrogens (tertiary/aromatic N) is 2. The van der Waals surface area contributed by atoms with Gasteiger partial charge in [0.25, 0.3) is 0 Å². The molecule has 0 radical (unpaired) electrons. The molecule has 0 spiro atoms. The average molecular weight is 233 g/mol. The molecule has 0 aliphatic carbocycles. The highest BCUT2D eigenvalue weighted by Gasteiger charge is 2.21. The van der Waals surface area contributed by atoms with Crippen molar-refractivity contribution >= 4 is 11.6 Å². The van der Waals surface area contributed by atoms with Gasteiger partial charge in [-0.3, -0.25) is 4.90 Å². The summed E-state index contributed by atoms with van der Waals surface area (Å²) < 4.78 is 0. The van der Waals surface area contributed by atoms with Gasteiger partial charge in [-0.05, 0) is 32.5 Å². The van der Waals surface area contributed by atoms with Crippen molar-refractivity contribution < 1.29 is 0 Å². The minimum Gasteiger partial charge on any atom is -0.303 e. The molecular weight excluding hydrogens is 208 g/mol. The van der Waals surface area contributed by atoms with Crippen LogP contribution in [0.4, 0.5) is 0 Å². The molecule has 0 aromatic heterocycles. The number of alkyl halides is 1. The maximum absolute atomic E-state index is 6.00. The van der Waals surface area contributed by atoms with Crippen molar-refractivity contribution in [2.45, 2.75) is 39.2 Å². The Kier molecular flexibility index (Phi) is 6.62. The summed E-state index contributed by atoms with van der Waals surface area (Å²) >= 11 is 6.00. The molecule has 1 unspecified atom stereocenters. The van der Waals surface area contributed by atoms with Crippen LogP contribution in [0.1, 0.15) is 33.1 Å². The molecule has 15 heavy (non-hydrogen) atoms. The van der Waals surface area contributed by atoms with Crippen LogP contribution >= 0.6 is 11.6 Å². The van der Waals surface area contributed by atoms with Crippen LogP contribution < -0.4 is 0 Å². The third-order valence-electron chi connectivity index (χ3n) is 3.53. The second-order valence-electron chi connectivity index (χ2n) is 4.37. The monoisotopic (exact) mass is 232 g/mol. The molecule has 0 aromatic carbocycles. The van der Waals surface area contributed by atoms with Gasteiger partial charge in [-0.15, -0.1) is 11.6 Å². The molecule has 0 saturated carbocycles. The van der Waals surface area contributed by atoms with E-state index in [1.807, 2.05) is 0 Å². The van der Waals surface area contributed by atoms with E-state index in [4.69, 9.17) is 11.6 Å². The Balaban J connectivity index is 2.28. The van der Waals surface area contributed by atoms with Gasteiger partial charge >= 0.3 is 0 Å². The fourth-order valence-electron chi connectivity index (χ4n) is 2.34. The lowest BCUT2D eigenvalue weighted by molar-refractivity contribution is 0.140. The summed E-state index contributed by atoms with van der Waals surface area (Å²) in [5.74, 6) is 0.804. The second-order valence-corrected chi connectivity index (χ2v) is 4.68. The molecule has 0 bridgehead atoms. The van der Waals surface area contributed by atoms with Gasteiger partial charge in [0.1, 0.15) is 0 Å². The van der Waals surface area contributed by atoms with Crippen molar-refractivity contribution in [3.05, 3.63) is 0 Å². The SMILES string of the molecule is CCN(CC)CCN1CCCCC1CCl. The number of hydrogen-bond donors (Lipinski definition) is 0. The third-order valence-corrected chi connectivity index (χ3v) is 3.88. The fourth-order valence-corrected chi connectivity index (χ4v) is 2.69. The molecule has 0 amide bonds. The van der Waals surface area contributed by atoms with Gasteiger partial charge in [-0.2, -0.15) is 0 Å². The molecule has 1 heterocycles. The number of likely N-dealkylation sites (N-methyl/N-ethyl adjacent to an activating group) is 1. The Labute approximate surface area is 99.6 Å². The van der Waals surface area contributed by atoms with E-state index in [0.29, 0.717) is 6.04 Å². The summed E-state index contributed by atoms with van der Waals surface area (Å²) in [5.41, 5.74) is 0. The van der Waals surface area contributed by atoms with Crippen LogP contribution in [0.5, 0.6) is 0 Å². The first-order valence-electron chi connectivity index (χ1n) is 6.34. The van der Waals surface area contributed by atoms with Crippen molar-refractivity contribution in [3.63, 3.8) is 0 Å². The molecule has 2 nitrogen and oxygen atoms in total. The van der Waals surface area contributed by atoms with Crippen molar-refractivity contribution in [3.8, 4) is 0 Å². The van der Waals surface area contributed by atoms with Gasteiger partial charge in [0.2, 0.25) is 0 Å². The lowest BCUT2D eigenvalue weighted by atomic mass is 10.0. The zero-order valence-corrected chi connectivity index (χ0v) is 11.0. The average Bonchev–Trinajstić information content (AvgIpc) is 2.31. The summed E-state index contributed by atoms with van der Waals surface area (Å²) in [6.07, 6.45) is 4.01. The first kappa shape index (κ1) is 13.3. The number of likely N-dealkylation sites (tertiary alicyclic amines) is 1. The maximum atomic E-state index is 6.00. The Morgan fingerprint density at radius 1 is 1.27 bits per heavy atom. The van der Waals surface area contributed by atoms with Crippen LogP contribution in [0.25, 0.3) is 0 Å². The lowest BCUT2D eigenvalue weighted by Gasteiger charge is -2.35. The lowest BCUT2D eigenvalue weighted by Crippen LogP contribution is -2.44. The van der Waals surface area contributed by atoms with Crippen LogP contribution in [0.3, 0.4) is 0 Å². The predicted octanol–water partition coefficient (Wildman–Crippen LogP) is 2.42. The van der Waals surface area contributed by atoms with Crippen molar-refractivity contribution in [1.82, 2.24) is 9.80 Å². The quantitative estimate of drug-likeness (QED) is 0.649. The van der Waals surface area contributed by atoms with Gasteiger partial charge in [-0.1, -0.05) is 20.3 Å². The molecule has 1 aliphatic heterocycles. The van der Waals surface area contributed by atoms with E-state index < -0.39 is 0 Å². The minimum atomic E-state index is 0.635. The standard InChI is InChI=1S/C12H25ClN2/c1-3-14(4-2)9-10-15-8-6-5-7-12(15)11-13/h12H,3-11H2,1-2H3. The predicted molar refractivity (Wildman–Crippen MR) is 67.7 cm³/mol. The molecule has 1 aliphatic rings. The summed E-state index contributed by atoms with van der Waals surface area (Å²) in [5, 5.41) is 0. The third kappa shape index (κ3) is 4.29. The number of hydrogen-bond acceptors (Lipinski definition) is 2. The fraction of sp³-hybridized carbons (Fsp3) is 1.00. The zero-order chi connectivity index (χ0) is 11.1. The molecule has 1 fully saturated rings. The van der Waals surface area contributed by atoms with E-state index in [-0.39, 0.29) is 0 Å². The highest BCUT2D eigenvalue weighted by atomic mass is 35.5. The number of piperidine rings is 1. The first-order chi connectivity index (χ1) is 7.31. The Morgan fingerprint density at radius 2 is 2.00 bits per heavy atom. The normalized spacial score (nSPS) is 23.6. The van der Waals surface area contributed by atoms with Gasteiger partial charge in [0.15, 0.2) is 0 Å². The highest BCUT2D eigenvalue weighted by Crippen LogP contribution is 2.17. The second kappa shape index (κ2) is 7.48. The molecular formula is C12H25ClN2. The summed E-state index contributed by atoms with van der Waals surface area (Å²) in [6.45, 7) is 10.4. The van der Waals surface area contributed by atoms with Crippen LogP contribution in [0.2, 0.25) is 0 Å². The molecule has 1 saturated heterocycles. The van der Waals surface area contributed by atoms with Crippen molar-refractivity contribution in [2.24, 2.45) is 0 Å². The first-order valence-corrected chi connectivity index (χ1v) is 6.87. The summed E-state index contributed by atoms with van der Waals surface area (Å²) in [7, 11) is 0. The van der Waals surface area contributed by atoms with Crippen LogP contribution in [0, 0.1) is 0 Å². The van der Waals surface area contributed by atoms with Gasteiger partial charge in [-0.25, -0.2) is 0 Å². The van der Waals surface area contributed by atoms with Crippen molar-refractivity contribution in [1.29, 1.82) is 0 Å². The van der Waals surface area contributed by atoms with E-state index in [9.17, 15) is 0 Å². The largest absolute Gasteiger partial charge is 0.303 e. The van der Waals surface area contributed by atoms with Crippen LogP contribution in [-0.2, 0) is 0 Å². The molecule has 1 rings (SSSR count). The zero-order valence-electron chi connectivity index (χ0n) is 10.2. The Hall–Kier alpha value is 0.210. The van der Waals surface area contributed by atoms with E-state index in [0.717, 1.165) is 19.0 Å². The van der Waals surface area contributed by atoms with E-state index in [2.05, 4.69) is 23.6 Å². The van der Waals surface area contributed by atoms with Gasteiger partial charge < -0.3 is 4.90 Å². The number of halogens is 1. The molecule has 0 aromatic rings. The van der Waals surface area contributed by atoms with Crippen molar-refractivity contribution in [2.75, 3.05) is 38.6 Å². The van der Waals surface area contributed by atoms with Crippen LogP contribution in [-0.4, -0.2) is 54.4 Å². The van der Waals surface area contributed by atoms with E-state index in [1.54, 1.807) is 0 Å².